The molecule has 1 aliphatic rings. The van der Waals surface area contributed by atoms with E-state index in [0.29, 0.717) is 16.9 Å². The lowest BCUT2D eigenvalue weighted by Crippen LogP contribution is -2.22. The van der Waals surface area contributed by atoms with Crippen molar-refractivity contribution in [2.45, 2.75) is 26.7 Å². The first-order chi connectivity index (χ1) is 14.7. The fourth-order valence-corrected chi connectivity index (χ4v) is 3.75. The first kappa shape index (κ1) is 22.0. The molecule has 3 rings (SSSR count). The van der Waals surface area contributed by atoms with Crippen molar-refractivity contribution in [1.29, 1.82) is 0 Å². The SMILES string of the molecule is COC(=O)c1c(C)[nH]c(C(=O)COC(=O)c2cc([N+](=O)[O-])ccc2N2CCCC2)c1C. The molecule has 1 aromatic carbocycles. The van der Waals surface area contributed by atoms with Gasteiger partial charge in [-0.3, -0.25) is 14.9 Å². The Labute approximate surface area is 178 Å². The number of Topliss-reactive ketones (excluding diaryl/α,β-unsaturated/α-hetero) is 1. The van der Waals surface area contributed by atoms with Gasteiger partial charge in [0.2, 0.25) is 5.78 Å². The van der Waals surface area contributed by atoms with Crippen LogP contribution in [0.25, 0.3) is 0 Å². The van der Waals surface area contributed by atoms with Crippen molar-refractivity contribution in [3.8, 4) is 0 Å². The third-order valence-corrected chi connectivity index (χ3v) is 5.30. The van der Waals surface area contributed by atoms with Crippen molar-refractivity contribution in [3.63, 3.8) is 0 Å². The van der Waals surface area contributed by atoms with Gasteiger partial charge < -0.3 is 19.4 Å². The van der Waals surface area contributed by atoms with Crippen LogP contribution < -0.4 is 4.90 Å². The number of benzene rings is 1. The Hall–Kier alpha value is -3.69. The number of nitro benzene ring substituents is 1. The summed E-state index contributed by atoms with van der Waals surface area (Å²) in [5, 5.41) is 11.2. The maximum atomic E-state index is 12.7. The zero-order valence-electron chi connectivity index (χ0n) is 17.5. The van der Waals surface area contributed by atoms with E-state index in [0.717, 1.165) is 25.9 Å². The Morgan fingerprint density at radius 2 is 1.84 bits per heavy atom. The molecule has 1 aliphatic heterocycles. The molecular formula is C21H23N3O7. The number of H-pyrrole nitrogens is 1. The van der Waals surface area contributed by atoms with E-state index < -0.39 is 29.3 Å². The quantitative estimate of drug-likeness (QED) is 0.307. The van der Waals surface area contributed by atoms with Crippen LogP contribution in [0.1, 0.15) is 55.3 Å². The fraction of sp³-hybridized carbons (Fsp3) is 0.381. The van der Waals surface area contributed by atoms with Crippen LogP contribution in [0.4, 0.5) is 11.4 Å². The summed E-state index contributed by atoms with van der Waals surface area (Å²) >= 11 is 0. The van der Waals surface area contributed by atoms with Gasteiger partial charge >= 0.3 is 11.9 Å². The van der Waals surface area contributed by atoms with E-state index in [1.54, 1.807) is 13.8 Å². The number of hydrogen-bond acceptors (Lipinski definition) is 8. The van der Waals surface area contributed by atoms with E-state index in [9.17, 15) is 24.5 Å². The highest BCUT2D eigenvalue weighted by Gasteiger charge is 2.26. The predicted molar refractivity (Wildman–Crippen MR) is 111 cm³/mol. The van der Waals surface area contributed by atoms with Gasteiger partial charge in [0.05, 0.1) is 34.5 Å². The second kappa shape index (κ2) is 8.99. The summed E-state index contributed by atoms with van der Waals surface area (Å²) < 4.78 is 9.92. The monoisotopic (exact) mass is 429 g/mol. The highest BCUT2D eigenvalue weighted by atomic mass is 16.6. The summed E-state index contributed by atoms with van der Waals surface area (Å²) in [5.74, 6) is -1.93. The average molecular weight is 429 g/mol. The molecule has 0 atom stereocenters. The Morgan fingerprint density at radius 3 is 2.45 bits per heavy atom. The highest BCUT2D eigenvalue weighted by molar-refractivity contribution is 6.04. The Kier molecular flexibility index (Phi) is 6.38. The Morgan fingerprint density at radius 1 is 1.16 bits per heavy atom. The normalized spacial score (nSPS) is 13.2. The zero-order valence-corrected chi connectivity index (χ0v) is 17.5. The topological polar surface area (TPSA) is 132 Å². The third-order valence-electron chi connectivity index (χ3n) is 5.30. The number of rotatable bonds is 7. The number of hydrogen-bond donors (Lipinski definition) is 1. The first-order valence-corrected chi connectivity index (χ1v) is 9.75. The average Bonchev–Trinajstić information content (AvgIpc) is 3.38. The molecule has 1 fully saturated rings. The smallest absolute Gasteiger partial charge is 0.340 e. The molecule has 0 bridgehead atoms. The number of ketones is 1. The van der Waals surface area contributed by atoms with Crippen molar-refractivity contribution in [3.05, 3.63) is 56.4 Å². The van der Waals surface area contributed by atoms with Gasteiger partial charge in [-0.25, -0.2) is 9.59 Å². The number of non-ortho nitro benzene ring substituents is 1. The third kappa shape index (κ3) is 4.42. The van der Waals surface area contributed by atoms with E-state index in [1.165, 1.54) is 25.3 Å². The van der Waals surface area contributed by atoms with E-state index >= 15 is 0 Å². The number of nitrogens with zero attached hydrogens (tertiary/aromatic N) is 2. The number of carbonyl (C=O) groups is 3. The minimum absolute atomic E-state index is 0.0403. The zero-order chi connectivity index (χ0) is 22.7. The molecule has 1 N–H and O–H groups in total. The van der Waals surface area contributed by atoms with Crippen LogP contribution in [0.3, 0.4) is 0 Å². The largest absolute Gasteiger partial charge is 0.465 e. The molecule has 10 heteroatoms. The summed E-state index contributed by atoms with van der Waals surface area (Å²) in [6.07, 6.45) is 1.91. The number of aromatic amines is 1. The van der Waals surface area contributed by atoms with Crippen molar-refractivity contribution >= 4 is 29.1 Å². The van der Waals surface area contributed by atoms with Gasteiger partial charge in [0.15, 0.2) is 6.61 Å². The molecule has 1 aromatic heterocycles. The van der Waals surface area contributed by atoms with Gasteiger partial charge in [0, 0.05) is 30.9 Å². The van der Waals surface area contributed by atoms with Gasteiger partial charge in [-0.2, -0.15) is 0 Å². The van der Waals surface area contributed by atoms with E-state index in [2.05, 4.69) is 4.98 Å². The lowest BCUT2D eigenvalue weighted by atomic mass is 10.1. The van der Waals surface area contributed by atoms with Crippen LogP contribution in [0.2, 0.25) is 0 Å². The van der Waals surface area contributed by atoms with Gasteiger partial charge in [-0.05, 0) is 38.3 Å². The summed E-state index contributed by atoms with van der Waals surface area (Å²) in [5.41, 5.74) is 1.61. The van der Waals surface area contributed by atoms with Crippen molar-refractivity contribution in [1.82, 2.24) is 4.98 Å². The van der Waals surface area contributed by atoms with Crippen molar-refractivity contribution in [2.75, 3.05) is 31.7 Å². The molecular weight excluding hydrogens is 406 g/mol. The number of esters is 2. The van der Waals surface area contributed by atoms with Gasteiger partial charge in [0.1, 0.15) is 0 Å². The van der Waals surface area contributed by atoms with Crippen molar-refractivity contribution < 1.29 is 28.8 Å². The number of methoxy groups -OCH3 is 1. The van der Waals surface area contributed by atoms with Crippen LogP contribution >= 0.6 is 0 Å². The van der Waals surface area contributed by atoms with Gasteiger partial charge in [-0.15, -0.1) is 0 Å². The standard InChI is InChI=1S/C21H23N3O7/c1-12-18(21(27)30-3)13(2)22-19(12)17(25)11-31-20(26)15-10-14(24(28)29)6-7-16(15)23-8-4-5-9-23/h6-7,10,22H,4-5,8-9,11H2,1-3H3. The highest BCUT2D eigenvalue weighted by Crippen LogP contribution is 2.29. The summed E-state index contributed by atoms with van der Waals surface area (Å²) in [6, 6.07) is 4.04. The number of carbonyl (C=O) groups excluding carboxylic acids is 3. The lowest BCUT2D eigenvalue weighted by Gasteiger charge is -2.20. The van der Waals surface area contributed by atoms with Crippen LogP contribution in [-0.4, -0.2) is 54.4 Å². The number of aromatic nitrogens is 1. The Bertz CT molecular complexity index is 1050. The minimum atomic E-state index is -0.826. The van der Waals surface area contributed by atoms with Crippen LogP contribution in [0.15, 0.2) is 18.2 Å². The van der Waals surface area contributed by atoms with Crippen LogP contribution in [-0.2, 0) is 9.47 Å². The van der Waals surface area contributed by atoms with E-state index in [1.807, 2.05) is 4.90 Å². The number of anilines is 1. The molecule has 164 valence electrons. The van der Waals surface area contributed by atoms with Gasteiger partial charge in [0.25, 0.3) is 5.69 Å². The number of nitrogens with one attached hydrogen (secondary N) is 1. The number of aryl methyl sites for hydroxylation is 1. The molecule has 0 amide bonds. The second-order valence-corrected chi connectivity index (χ2v) is 7.27. The molecule has 0 aliphatic carbocycles. The van der Waals surface area contributed by atoms with E-state index in [4.69, 9.17) is 9.47 Å². The summed E-state index contributed by atoms with van der Waals surface area (Å²) in [7, 11) is 1.24. The molecule has 0 unspecified atom stereocenters. The van der Waals surface area contributed by atoms with Crippen LogP contribution in [0, 0.1) is 24.0 Å². The second-order valence-electron chi connectivity index (χ2n) is 7.27. The molecule has 0 saturated carbocycles. The minimum Gasteiger partial charge on any atom is -0.465 e. The predicted octanol–water partition coefficient (Wildman–Crippen LogP) is 2.97. The van der Waals surface area contributed by atoms with E-state index in [-0.39, 0.29) is 22.5 Å². The molecule has 1 saturated heterocycles. The molecule has 2 heterocycles. The van der Waals surface area contributed by atoms with Crippen molar-refractivity contribution in [2.24, 2.45) is 0 Å². The first-order valence-electron chi connectivity index (χ1n) is 9.75. The van der Waals surface area contributed by atoms with Crippen LogP contribution in [0.5, 0.6) is 0 Å². The molecule has 10 nitrogen and oxygen atoms in total. The molecule has 0 spiro atoms. The number of nitro groups is 1. The molecule has 0 radical (unpaired) electrons. The fourth-order valence-electron chi connectivity index (χ4n) is 3.75. The summed E-state index contributed by atoms with van der Waals surface area (Å²) in [4.78, 5) is 52.6. The molecule has 31 heavy (non-hydrogen) atoms. The maximum absolute atomic E-state index is 12.7. The maximum Gasteiger partial charge on any atom is 0.340 e. The number of ether oxygens (including phenoxy) is 2. The summed E-state index contributed by atoms with van der Waals surface area (Å²) in [6.45, 7) is 4.11. The molecule has 2 aromatic rings. The lowest BCUT2D eigenvalue weighted by molar-refractivity contribution is -0.384. The van der Waals surface area contributed by atoms with Gasteiger partial charge in [-0.1, -0.05) is 0 Å². The Balaban J connectivity index is 1.81.